The van der Waals surface area contributed by atoms with Gasteiger partial charge in [0.2, 0.25) is 0 Å². The summed E-state index contributed by atoms with van der Waals surface area (Å²) in [6, 6.07) is 8.35. The molecule has 0 aliphatic carbocycles. The van der Waals surface area contributed by atoms with E-state index in [0.717, 1.165) is 4.90 Å². The summed E-state index contributed by atoms with van der Waals surface area (Å²) < 4.78 is 4.88. The lowest BCUT2D eigenvalue weighted by molar-refractivity contribution is -0.147. The van der Waals surface area contributed by atoms with Crippen LogP contribution in [0.3, 0.4) is 0 Å². The summed E-state index contributed by atoms with van der Waals surface area (Å²) in [4.78, 5) is 48.1. The zero-order valence-electron chi connectivity index (χ0n) is 14.2. The van der Waals surface area contributed by atoms with Gasteiger partial charge in [0.15, 0.2) is 6.61 Å². The van der Waals surface area contributed by atoms with Crippen molar-refractivity contribution in [3.63, 3.8) is 0 Å². The van der Waals surface area contributed by atoms with E-state index in [-0.39, 0.29) is 31.9 Å². The van der Waals surface area contributed by atoms with Crippen LogP contribution in [-0.2, 0) is 19.1 Å². The van der Waals surface area contributed by atoms with Gasteiger partial charge in [-0.15, -0.1) is 0 Å². The number of nitrogens with one attached hydrogen (secondary N) is 2. The maximum absolute atomic E-state index is 12.0. The predicted molar refractivity (Wildman–Crippen MR) is 89.6 cm³/mol. The highest BCUT2D eigenvalue weighted by Crippen LogP contribution is 2.17. The minimum absolute atomic E-state index is 0.0100. The van der Waals surface area contributed by atoms with Gasteiger partial charge in [0, 0.05) is 18.7 Å². The van der Waals surface area contributed by atoms with Crippen molar-refractivity contribution in [2.45, 2.75) is 32.2 Å². The lowest BCUT2D eigenvalue weighted by Gasteiger charge is -2.15. The molecule has 0 saturated carbocycles. The molecule has 1 saturated heterocycles. The zero-order valence-corrected chi connectivity index (χ0v) is 14.2. The van der Waals surface area contributed by atoms with Crippen LogP contribution in [0.15, 0.2) is 30.3 Å². The second-order valence-electron chi connectivity index (χ2n) is 6.19. The third-order valence-corrected chi connectivity index (χ3v) is 3.63. The van der Waals surface area contributed by atoms with Crippen LogP contribution in [0.5, 0.6) is 0 Å². The SMILES string of the molecule is CC1(C)NC(=O)N(CCCC(=O)OCC(=O)Nc2ccccc2)C1=O. The average molecular weight is 347 g/mol. The van der Waals surface area contributed by atoms with E-state index in [4.69, 9.17) is 4.74 Å². The Balaban J connectivity index is 1.67. The van der Waals surface area contributed by atoms with E-state index in [0.29, 0.717) is 5.69 Å². The topological polar surface area (TPSA) is 105 Å². The highest BCUT2D eigenvalue weighted by molar-refractivity contribution is 6.06. The van der Waals surface area contributed by atoms with E-state index in [2.05, 4.69) is 10.6 Å². The number of urea groups is 1. The van der Waals surface area contributed by atoms with Crippen LogP contribution in [0, 0.1) is 0 Å². The molecular weight excluding hydrogens is 326 g/mol. The minimum Gasteiger partial charge on any atom is -0.456 e. The molecule has 0 atom stereocenters. The highest BCUT2D eigenvalue weighted by Gasteiger charge is 2.43. The fourth-order valence-corrected chi connectivity index (χ4v) is 2.34. The van der Waals surface area contributed by atoms with Crippen LogP contribution in [0.1, 0.15) is 26.7 Å². The van der Waals surface area contributed by atoms with Gasteiger partial charge in [-0.3, -0.25) is 19.3 Å². The normalized spacial score (nSPS) is 15.7. The van der Waals surface area contributed by atoms with E-state index >= 15 is 0 Å². The third-order valence-electron chi connectivity index (χ3n) is 3.63. The molecule has 1 heterocycles. The van der Waals surface area contributed by atoms with Gasteiger partial charge in [-0.1, -0.05) is 18.2 Å². The highest BCUT2D eigenvalue weighted by atomic mass is 16.5. The van der Waals surface area contributed by atoms with Crippen molar-refractivity contribution in [1.82, 2.24) is 10.2 Å². The Bertz CT molecular complexity index is 672. The number of esters is 1. The second-order valence-corrected chi connectivity index (χ2v) is 6.19. The van der Waals surface area contributed by atoms with Gasteiger partial charge in [0.1, 0.15) is 5.54 Å². The standard InChI is InChI=1S/C17H21N3O5/c1-17(2)15(23)20(16(24)19-17)10-6-9-14(22)25-11-13(21)18-12-7-4-3-5-8-12/h3-5,7-8H,6,9-11H2,1-2H3,(H,18,21)(H,19,24). The van der Waals surface area contributed by atoms with Crippen LogP contribution < -0.4 is 10.6 Å². The number of rotatable bonds is 7. The quantitative estimate of drug-likeness (QED) is 0.571. The van der Waals surface area contributed by atoms with Crippen molar-refractivity contribution < 1.29 is 23.9 Å². The fourth-order valence-electron chi connectivity index (χ4n) is 2.34. The largest absolute Gasteiger partial charge is 0.456 e. The smallest absolute Gasteiger partial charge is 0.325 e. The molecule has 2 rings (SSSR count). The van der Waals surface area contributed by atoms with Gasteiger partial charge >= 0.3 is 12.0 Å². The van der Waals surface area contributed by atoms with Crippen LogP contribution in [-0.4, -0.2) is 47.4 Å². The summed E-state index contributed by atoms with van der Waals surface area (Å²) in [5, 5.41) is 5.16. The number of hydrogen-bond donors (Lipinski definition) is 2. The Morgan fingerprint density at radius 3 is 2.48 bits per heavy atom. The number of nitrogens with zero attached hydrogens (tertiary/aromatic N) is 1. The minimum atomic E-state index is -0.923. The van der Waals surface area contributed by atoms with Gasteiger partial charge < -0.3 is 15.4 Å². The molecule has 1 fully saturated rings. The van der Waals surface area contributed by atoms with Crippen LogP contribution in [0.25, 0.3) is 0 Å². The second kappa shape index (κ2) is 7.78. The number of amides is 4. The summed E-state index contributed by atoms with van der Waals surface area (Å²) in [5.41, 5.74) is -0.308. The molecule has 0 unspecified atom stereocenters. The van der Waals surface area contributed by atoms with Gasteiger partial charge in [0.25, 0.3) is 11.8 Å². The summed E-state index contributed by atoms with van der Waals surface area (Å²) in [6.45, 7) is 2.98. The van der Waals surface area contributed by atoms with Crippen molar-refractivity contribution in [2.75, 3.05) is 18.5 Å². The molecule has 0 radical (unpaired) electrons. The molecular formula is C17H21N3O5. The molecule has 1 aliphatic heterocycles. The first-order valence-corrected chi connectivity index (χ1v) is 7.94. The lowest BCUT2D eigenvalue weighted by atomic mass is 10.1. The van der Waals surface area contributed by atoms with Crippen molar-refractivity contribution in [3.05, 3.63) is 30.3 Å². The number of ether oxygens (including phenoxy) is 1. The first kappa shape index (κ1) is 18.4. The van der Waals surface area contributed by atoms with Gasteiger partial charge in [0.05, 0.1) is 0 Å². The molecule has 8 heteroatoms. The summed E-state index contributed by atoms with van der Waals surface area (Å²) in [6.07, 6.45) is 0.282. The molecule has 8 nitrogen and oxygen atoms in total. The third kappa shape index (κ3) is 5.03. The molecule has 2 N–H and O–H groups in total. The van der Waals surface area contributed by atoms with Crippen molar-refractivity contribution in [3.8, 4) is 0 Å². The average Bonchev–Trinajstić information content (AvgIpc) is 2.75. The molecule has 25 heavy (non-hydrogen) atoms. The Labute approximate surface area is 145 Å². The van der Waals surface area contributed by atoms with E-state index < -0.39 is 23.4 Å². The monoisotopic (exact) mass is 347 g/mol. The number of para-hydroxylation sites is 1. The maximum atomic E-state index is 12.0. The zero-order chi connectivity index (χ0) is 18.4. The number of hydrogen-bond acceptors (Lipinski definition) is 5. The summed E-state index contributed by atoms with van der Waals surface area (Å²) in [5.74, 6) is -1.32. The first-order chi connectivity index (χ1) is 11.8. The summed E-state index contributed by atoms with van der Waals surface area (Å²) in [7, 11) is 0. The number of benzene rings is 1. The first-order valence-electron chi connectivity index (χ1n) is 7.94. The molecule has 0 bridgehead atoms. The number of carbonyl (C=O) groups is 4. The maximum Gasteiger partial charge on any atom is 0.325 e. The predicted octanol–water partition coefficient (Wildman–Crippen LogP) is 1.28. The van der Waals surface area contributed by atoms with Crippen molar-refractivity contribution >= 4 is 29.5 Å². The van der Waals surface area contributed by atoms with Gasteiger partial charge in [-0.05, 0) is 32.4 Å². The molecule has 0 spiro atoms. The number of carbonyl (C=O) groups excluding carboxylic acids is 4. The number of anilines is 1. The van der Waals surface area contributed by atoms with E-state index in [1.807, 2.05) is 6.07 Å². The van der Waals surface area contributed by atoms with Crippen LogP contribution in [0.2, 0.25) is 0 Å². The molecule has 1 aromatic carbocycles. The van der Waals surface area contributed by atoms with Crippen molar-refractivity contribution in [2.24, 2.45) is 0 Å². The fraction of sp³-hybridized carbons (Fsp3) is 0.412. The molecule has 134 valence electrons. The van der Waals surface area contributed by atoms with Gasteiger partial charge in [-0.25, -0.2) is 4.79 Å². The molecule has 1 aliphatic rings. The molecule has 1 aromatic rings. The van der Waals surface area contributed by atoms with Gasteiger partial charge in [-0.2, -0.15) is 0 Å². The summed E-state index contributed by atoms with van der Waals surface area (Å²) >= 11 is 0. The molecule has 4 amide bonds. The van der Waals surface area contributed by atoms with E-state index in [1.54, 1.807) is 38.1 Å². The van der Waals surface area contributed by atoms with Crippen LogP contribution in [0.4, 0.5) is 10.5 Å². The molecule has 0 aromatic heterocycles. The Kier molecular flexibility index (Phi) is 5.74. The Morgan fingerprint density at radius 1 is 1.20 bits per heavy atom. The van der Waals surface area contributed by atoms with Crippen molar-refractivity contribution in [1.29, 1.82) is 0 Å². The number of imide groups is 1. The lowest BCUT2D eigenvalue weighted by Crippen LogP contribution is -2.40. The van der Waals surface area contributed by atoms with Crippen LogP contribution >= 0.6 is 0 Å². The van der Waals surface area contributed by atoms with E-state index in [9.17, 15) is 19.2 Å². The Morgan fingerprint density at radius 2 is 1.88 bits per heavy atom. The Hall–Kier alpha value is -2.90. The van der Waals surface area contributed by atoms with E-state index in [1.165, 1.54) is 0 Å².